The molecule has 0 saturated carbocycles. The van der Waals surface area contributed by atoms with Crippen LogP contribution in [-0.4, -0.2) is 34.0 Å². The van der Waals surface area contributed by atoms with E-state index in [9.17, 15) is 9.59 Å². The summed E-state index contributed by atoms with van der Waals surface area (Å²) in [5, 5.41) is 4.43. The van der Waals surface area contributed by atoms with E-state index in [0.29, 0.717) is 11.6 Å². The first kappa shape index (κ1) is 11.7. The van der Waals surface area contributed by atoms with Crippen molar-refractivity contribution in [2.45, 2.75) is 0 Å². The van der Waals surface area contributed by atoms with Gasteiger partial charge in [-0.3, -0.25) is 9.59 Å². The minimum Gasteiger partial charge on any atom is -0.309 e. The van der Waals surface area contributed by atoms with E-state index in [0.717, 1.165) is 0 Å². The number of hydrogen-bond acceptors (Lipinski definition) is 4. The maximum atomic E-state index is 11.6. The number of anilines is 1. The largest absolute Gasteiger partial charge is 0.309 e. The predicted molar refractivity (Wildman–Crippen MR) is 66.2 cm³/mol. The van der Waals surface area contributed by atoms with Gasteiger partial charge in [0, 0.05) is 12.4 Å². The first-order valence-corrected chi connectivity index (χ1v) is 6.09. The highest BCUT2D eigenvalue weighted by Crippen LogP contribution is 2.12. The van der Waals surface area contributed by atoms with Gasteiger partial charge in [-0.15, -0.1) is 11.8 Å². The van der Waals surface area contributed by atoms with Crippen molar-refractivity contribution in [1.82, 2.24) is 9.88 Å². The van der Waals surface area contributed by atoms with Gasteiger partial charge >= 0.3 is 0 Å². The highest BCUT2D eigenvalue weighted by Gasteiger charge is 2.17. The van der Waals surface area contributed by atoms with Crippen molar-refractivity contribution >= 4 is 29.4 Å². The highest BCUT2D eigenvalue weighted by atomic mass is 32.2. The lowest BCUT2D eigenvalue weighted by molar-refractivity contribution is -0.129. The van der Waals surface area contributed by atoms with Crippen molar-refractivity contribution in [3.8, 4) is 0 Å². The summed E-state index contributed by atoms with van der Waals surface area (Å²) in [4.78, 5) is 28.5. The van der Waals surface area contributed by atoms with E-state index in [1.54, 1.807) is 36.0 Å². The molecule has 0 bridgehead atoms. The first-order valence-electron chi connectivity index (χ1n) is 5.04. The summed E-state index contributed by atoms with van der Waals surface area (Å²) < 4.78 is 0. The number of amides is 2. The SMILES string of the molecule is O=C(CN1C=CSCC1=O)Nc1ccccn1. The molecular weight excluding hydrogens is 238 g/mol. The third-order valence-electron chi connectivity index (χ3n) is 2.11. The average molecular weight is 249 g/mol. The van der Waals surface area contributed by atoms with E-state index < -0.39 is 0 Å². The summed E-state index contributed by atoms with van der Waals surface area (Å²) in [7, 11) is 0. The Hall–Kier alpha value is -1.82. The molecule has 1 N–H and O–H groups in total. The number of thioether (sulfide) groups is 1. The molecule has 2 amide bonds. The van der Waals surface area contributed by atoms with Gasteiger partial charge in [0.2, 0.25) is 11.8 Å². The lowest BCUT2D eigenvalue weighted by atomic mass is 10.4. The van der Waals surface area contributed by atoms with Crippen LogP contribution in [0.15, 0.2) is 36.0 Å². The van der Waals surface area contributed by atoms with Crippen molar-refractivity contribution in [3.05, 3.63) is 36.0 Å². The molecule has 1 aromatic heterocycles. The number of carbonyl (C=O) groups excluding carboxylic acids is 2. The van der Waals surface area contributed by atoms with Crippen LogP contribution in [0.5, 0.6) is 0 Å². The van der Waals surface area contributed by atoms with Crippen molar-refractivity contribution in [2.24, 2.45) is 0 Å². The van der Waals surface area contributed by atoms with Crippen LogP contribution in [0, 0.1) is 0 Å². The number of hydrogen-bond donors (Lipinski definition) is 1. The summed E-state index contributed by atoms with van der Waals surface area (Å²) >= 11 is 1.42. The molecule has 0 aliphatic carbocycles. The second kappa shape index (κ2) is 5.49. The molecule has 1 aromatic rings. The Morgan fingerprint density at radius 3 is 3.12 bits per heavy atom. The molecule has 1 aliphatic rings. The topological polar surface area (TPSA) is 62.3 Å². The molecule has 6 heteroatoms. The van der Waals surface area contributed by atoms with E-state index in [1.165, 1.54) is 16.7 Å². The molecule has 17 heavy (non-hydrogen) atoms. The molecule has 1 aliphatic heterocycles. The van der Waals surface area contributed by atoms with E-state index in [2.05, 4.69) is 10.3 Å². The number of pyridine rings is 1. The fourth-order valence-electron chi connectivity index (χ4n) is 1.32. The average Bonchev–Trinajstić information content (AvgIpc) is 2.33. The van der Waals surface area contributed by atoms with Gasteiger partial charge in [-0.25, -0.2) is 4.98 Å². The minimum atomic E-state index is -0.256. The standard InChI is InChI=1S/C11H11N3O2S/c15-10(13-9-3-1-2-4-12-9)7-14-5-6-17-8-11(14)16/h1-6H,7-8H2,(H,12,13,15). The Labute approximate surface area is 103 Å². The zero-order valence-corrected chi connectivity index (χ0v) is 9.81. The number of carbonyl (C=O) groups is 2. The van der Waals surface area contributed by atoms with Crippen LogP contribution in [0.4, 0.5) is 5.82 Å². The Kier molecular flexibility index (Phi) is 3.77. The van der Waals surface area contributed by atoms with Crippen LogP contribution in [0.3, 0.4) is 0 Å². The first-order chi connectivity index (χ1) is 8.25. The van der Waals surface area contributed by atoms with Crippen molar-refractivity contribution in [3.63, 3.8) is 0 Å². The van der Waals surface area contributed by atoms with Crippen LogP contribution in [-0.2, 0) is 9.59 Å². The second-order valence-corrected chi connectivity index (χ2v) is 4.28. The molecule has 5 nitrogen and oxygen atoms in total. The lowest BCUT2D eigenvalue weighted by Gasteiger charge is -2.20. The monoisotopic (exact) mass is 249 g/mol. The summed E-state index contributed by atoms with van der Waals surface area (Å²) in [6.45, 7) is 0.0203. The lowest BCUT2D eigenvalue weighted by Crippen LogP contribution is -2.36. The van der Waals surface area contributed by atoms with Gasteiger partial charge in [0.05, 0.1) is 5.75 Å². The van der Waals surface area contributed by atoms with E-state index in [4.69, 9.17) is 0 Å². The zero-order valence-electron chi connectivity index (χ0n) is 9.00. The fraction of sp³-hybridized carbons (Fsp3) is 0.182. The predicted octanol–water partition coefficient (Wildman–Crippen LogP) is 1.07. The zero-order chi connectivity index (χ0) is 12.1. The smallest absolute Gasteiger partial charge is 0.245 e. The maximum absolute atomic E-state index is 11.6. The third-order valence-corrected chi connectivity index (χ3v) is 2.84. The van der Waals surface area contributed by atoms with Gasteiger partial charge < -0.3 is 10.2 Å². The minimum absolute atomic E-state index is 0.0203. The van der Waals surface area contributed by atoms with Gasteiger partial charge in [0.1, 0.15) is 12.4 Å². The Balaban J connectivity index is 1.91. The molecular formula is C11H11N3O2S. The number of rotatable bonds is 3. The van der Waals surface area contributed by atoms with Crippen LogP contribution >= 0.6 is 11.8 Å². The molecule has 0 spiro atoms. The molecule has 0 saturated heterocycles. The fourth-order valence-corrected chi connectivity index (χ4v) is 1.95. The number of nitrogens with zero attached hydrogens (tertiary/aromatic N) is 2. The van der Waals surface area contributed by atoms with Gasteiger partial charge in [-0.1, -0.05) is 6.07 Å². The molecule has 2 rings (SSSR count). The van der Waals surface area contributed by atoms with Gasteiger partial charge in [-0.2, -0.15) is 0 Å². The second-order valence-electron chi connectivity index (χ2n) is 3.38. The van der Waals surface area contributed by atoms with E-state index >= 15 is 0 Å². The van der Waals surface area contributed by atoms with Gasteiger partial charge in [0.15, 0.2) is 0 Å². The molecule has 0 unspecified atom stereocenters. The van der Waals surface area contributed by atoms with Gasteiger partial charge in [-0.05, 0) is 17.5 Å². The molecule has 0 atom stereocenters. The van der Waals surface area contributed by atoms with Crippen molar-refractivity contribution in [2.75, 3.05) is 17.6 Å². The van der Waals surface area contributed by atoms with Crippen LogP contribution < -0.4 is 5.32 Å². The quantitative estimate of drug-likeness (QED) is 0.870. The maximum Gasteiger partial charge on any atom is 0.245 e. The van der Waals surface area contributed by atoms with Gasteiger partial charge in [0.25, 0.3) is 0 Å². The number of nitrogens with one attached hydrogen (secondary N) is 1. The molecule has 2 heterocycles. The summed E-state index contributed by atoms with van der Waals surface area (Å²) in [6, 6.07) is 5.25. The highest BCUT2D eigenvalue weighted by molar-refractivity contribution is 8.02. The summed E-state index contributed by atoms with van der Waals surface area (Å²) in [6.07, 6.45) is 3.21. The molecule has 0 radical (unpaired) electrons. The van der Waals surface area contributed by atoms with E-state index in [-0.39, 0.29) is 18.4 Å². The number of aromatic nitrogens is 1. The van der Waals surface area contributed by atoms with Crippen molar-refractivity contribution in [1.29, 1.82) is 0 Å². The normalized spacial score (nSPS) is 14.8. The molecule has 0 aromatic carbocycles. The van der Waals surface area contributed by atoms with Crippen LogP contribution in [0.1, 0.15) is 0 Å². The van der Waals surface area contributed by atoms with Crippen molar-refractivity contribution < 1.29 is 9.59 Å². The Bertz CT molecular complexity index is 447. The summed E-state index contributed by atoms with van der Waals surface area (Å²) in [5.74, 6) is 0.551. The third kappa shape index (κ3) is 3.32. The molecule has 0 fully saturated rings. The van der Waals surface area contributed by atoms with Crippen LogP contribution in [0.2, 0.25) is 0 Å². The van der Waals surface area contributed by atoms with E-state index in [1.807, 2.05) is 0 Å². The molecule has 88 valence electrons. The Morgan fingerprint density at radius 2 is 2.41 bits per heavy atom. The Morgan fingerprint density at radius 1 is 1.53 bits per heavy atom. The summed E-state index contributed by atoms with van der Waals surface area (Å²) in [5.41, 5.74) is 0. The van der Waals surface area contributed by atoms with Crippen LogP contribution in [0.25, 0.3) is 0 Å².